The van der Waals surface area contributed by atoms with Crippen molar-refractivity contribution in [3.05, 3.63) is 0 Å². The normalized spacial score (nSPS) is 11.2. The van der Waals surface area contributed by atoms with Crippen molar-refractivity contribution in [1.82, 2.24) is 0 Å². The topological polar surface area (TPSA) is 49.7 Å². The molecule has 0 spiro atoms. The minimum atomic E-state index is -2.15. The summed E-state index contributed by atoms with van der Waals surface area (Å²) in [7, 11) is -2.15. The first-order valence-corrected chi connectivity index (χ1v) is 7.98. The van der Waals surface area contributed by atoms with Gasteiger partial charge in [-0.05, 0) is 12.2 Å². The van der Waals surface area contributed by atoms with Gasteiger partial charge in [-0.3, -0.25) is 0 Å². The molecule has 0 bridgehead atoms. The molecule has 3 nitrogen and oxygen atoms in total. The van der Waals surface area contributed by atoms with E-state index in [1.165, 1.54) is 38.5 Å². The minimum absolute atomic E-state index is 0.444. The van der Waals surface area contributed by atoms with Crippen LogP contribution in [-0.4, -0.2) is 27.9 Å². The van der Waals surface area contributed by atoms with Gasteiger partial charge in [0.15, 0.2) is 0 Å². The maximum atomic E-state index is 8.46. The first kappa shape index (κ1) is 15.7. The average Bonchev–Trinajstić information content (AvgIpc) is 2.20. The van der Waals surface area contributed by atoms with Crippen LogP contribution >= 0.6 is 20.4 Å². The van der Waals surface area contributed by atoms with Gasteiger partial charge in [0.05, 0.1) is 6.61 Å². The lowest BCUT2D eigenvalue weighted by Gasteiger charge is -2.03. The first-order valence-electron chi connectivity index (χ1n) is 5.66. The van der Waals surface area contributed by atoms with Gasteiger partial charge in [-0.15, -0.1) is 0 Å². The van der Waals surface area contributed by atoms with Crippen LogP contribution in [0.1, 0.15) is 45.4 Å². The zero-order chi connectivity index (χ0) is 11.4. The van der Waals surface area contributed by atoms with E-state index in [4.69, 9.17) is 9.79 Å². The van der Waals surface area contributed by atoms with Crippen LogP contribution in [0.4, 0.5) is 0 Å². The van der Waals surface area contributed by atoms with E-state index in [2.05, 4.69) is 11.4 Å². The Labute approximate surface area is 98.6 Å². The predicted octanol–water partition coefficient (Wildman–Crippen LogP) is 3.31. The van der Waals surface area contributed by atoms with Gasteiger partial charge in [-0.1, -0.05) is 39.0 Å². The van der Waals surface area contributed by atoms with E-state index in [1.54, 1.807) is 0 Å². The summed E-state index contributed by atoms with van der Waals surface area (Å²) in [5.74, 6) is 2.01. The molecule has 0 aliphatic carbocycles. The molecule has 2 N–H and O–H groups in total. The quantitative estimate of drug-likeness (QED) is 0.439. The summed E-state index contributed by atoms with van der Waals surface area (Å²) in [6, 6.07) is 0. The molecule has 0 saturated heterocycles. The summed E-state index contributed by atoms with van der Waals surface area (Å²) in [6.07, 6.45) is 7.96. The second kappa shape index (κ2) is 12.7. The smallest absolute Gasteiger partial charge is 0.327 e. The molecule has 92 valence electrons. The lowest BCUT2D eigenvalue weighted by atomic mass is 10.1. The van der Waals surface area contributed by atoms with Crippen molar-refractivity contribution < 1.29 is 14.3 Å². The van der Waals surface area contributed by atoms with Crippen LogP contribution in [0.2, 0.25) is 0 Å². The molecule has 0 aromatic rings. The maximum Gasteiger partial charge on any atom is 0.327 e. The van der Waals surface area contributed by atoms with Crippen LogP contribution in [0.25, 0.3) is 0 Å². The Kier molecular flexibility index (Phi) is 13.3. The lowest BCUT2D eigenvalue weighted by molar-refractivity contribution is 0.271. The predicted molar refractivity (Wildman–Crippen MR) is 68.0 cm³/mol. The molecule has 15 heavy (non-hydrogen) atoms. The van der Waals surface area contributed by atoms with Gasteiger partial charge < -0.3 is 14.3 Å². The summed E-state index contributed by atoms with van der Waals surface area (Å²) < 4.78 is 4.66. The van der Waals surface area contributed by atoms with E-state index in [-0.39, 0.29) is 0 Å². The minimum Gasteiger partial charge on any atom is -0.328 e. The van der Waals surface area contributed by atoms with Gasteiger partial charge >= 0.3 is 8.60 Å². The van der Waals surface area contributed by atoms with Gasteiger partial charge in [0.25, 0.3) is 0 Å². The maximum absolute atomic E-state index is 8.46. The van der Waals surface area contributed by atoms with Crippen molar-refractivity contribution in [1.29, 1.82) is 0 Å². The van der Waals surface area contributed by atoms with Crippen molar-refractivity contribution in [3.63, 3.8) is 0 Å². The Morgan fingerprint density at radius 3 is 2.33 bits per heavy atom. The highest BCUT2D eigenvalue weighted by Crippen LogP contribution is 2.24. The third-order valence-electron chi connectivity index (χ3n) is 2.08. The Morgan fingerprint density at radius 1 is 1.00 bits per heavy atom. The van der Waals surface area contributed by atoms with Crippen LogP contribution in [0.5, 0.6) is 0 Å². The van der Waals surface area contributed by atoms with Gasteiger partial charge in [0.2, 0.25) is 0 Å². The second-order valence-electron chi connectivity index (χ2n) is 3.47. The molecular formula is C10H23O3PS. The monoisotopic (exact) mass is 254 g/mol. The standard InChI is InChI=1S/C10H23O3PS/c1-2-3-4-5-6-7-9-15-10-8-13-14(11)12/h11-12H,2-10H2,1H3. The molecule has 0 aromatic carbocycles. The van der Waals surface area contributed by atoms with E-state index >= 15 is 0 Å². The Bertz CT molecular complexity index is 125. The number of thioether (sulfide) groups is 1. The van der Waals surface area contributed by atoms with Crippen LogP contribution in [0.3, 0.4) is 0 Å². The highest BCUT2D eigenvalue weighted by atomic mass is 32.2. The fourth-order valence-electron chi connectivity index (χ4n) is 1.26. The van der Waals surface area contributed by atoms with E-state index < -0.39 is 8.60 Å². The van der Waals surface area contributed by atoms with E-state index in [9.17, 15) is 0 Å². The molecular weight excluding hydrogens is 231 g/mol. The van der Waals surface area contributed by atoms with Crippen molar-refractivity contribution in [2.24, 2.45) is 0 Å². The number of rotatable bonds is 11. The molecule has 0 radical (unpaired) electrons. The summed E-state index contributed by atoms with van der Waals surface area (Å²) in [5, 5.41) is 0. The van der Waals surface area contributed by atoms with E-state index in [0.29, 0.717) is 6.61 Å². The molecule has 0 heterocycles. The summed E-state index contributed by atoms with van der Waals surface area (Å²) in [6.45, 7) is 2.67. The van der Waals surface area contributed by atoms with Gasteiger partial charge in [-0.2, -0.15) is 11.8 Å². The molecule has 0 fully saturated rings. The molecule has 0 atom stereocenters. The number of hydrogen-bond donors (Lipinski definition) is 2. The summed E-state index contributed by atoms with van der Waals surface area (Å²) in [5.41, 5.74) is 0. The summed E-state index contributed by atoms with van der Waals surface area (Å²) in [4.78, 5) is 16.9. The van der Waals surface area contributed by atoms with Crippen molar-refractivity contribution in [2.75, 3.05) is 18.1 Å². The Balaban J connectivity index is 2.87. The fourth-order valence-corrected chi connectivity index (χ4v) is 2.46. The van der Waals surface area contributed by atoms with Crippen LogP contribution in [0, 0.1) is 0 Å². The SMILES string of the molecule is CCCCCCCCSCCOP(O)O. The van der Waals surface area contributed by atoms with Gasteiger partial charge in [-0.25, -0.2) is 0 Å². The van der Waals surface area contributed by atoms with E-state index in [0.717, 1.165) is 11.5 Å². The van der Waals surface area contributed by atoms with Crippen LogP contribution in [-0.2, 0) is 4.52 Å². The van der Waals surface area contributed by atoms with Crippen molar-refractivity contribution in [3.8, 4) is 0 Å². The van der Waals surface area contributed by atoms with Crippen molar-refractivity contribution >= 4 is 20.4 Å². The molecule has 0 aliphatic rings. The zero-order valence-corrected chi connectivity index (χ0v) is 11.2. The highest BCUT2D eigenvalue weighted by Gasteiger charge is 1.97. The van der Waals surface area contributed by atoms with Gasteiger partial charge in [0.1, 0.15) is 0 Å². The summed E-state index contributed by atoms with van der Waals surface area (Å²) >= 11 is 1.82. The molecule has 0 aliphatic heterocycles. The third kappa shape index (κ3) is 14.7. The Morgan fingerprint density at radius 2 is 1.67 bits per heavy atom. The fraction of sp³-hybridized carbons (Fsp3) is 1.00. The van der Waals surface area contributed by atoms with Crippen LogP contribution in [0.15, 0.2) is 0 Å². The van der Waals surface area contributed by atoms with Crippen LogP contribution < -0.4 is 0 Å². The number of unbranched alkanes of at least 4 members (excludes halogenated alkanes) is 5. The Hall–Kier alpha value is 0.660. The zero-order valence-electron chi connectivity index (χ0n) is 9.52. The molecule has 0 unspecified atom stereocenters. The second-order valence-corrected chi connectivity index (χ2v) is 5.45. The number of hydrogen-bond acceptors (Lipinski definition) is 4. The van der Waals surface area contributed by atoms with Crippen molar-refractivity contribution in [2.45, 2.75) is 45.4 Å². The first-order chi connectivity index (χ1) is 7.27. The van der Waals surface area contributed by atoms with Gasteiger partial charge in [0, 0.05) is 5.75 Å². The average molecular weight is 254 g/mol. The molecule has 0 amide bonds. The lowest BCUT2D eigenvalue weighted by Crippen LogP contribution is -1.93. The largest absolute Gasteiger partial charge is 0.328 e. The highest BCUT2D eigenvalue weighted by molar-refractivity contribution is 7.99. The molecule has 0 aromatic heterocycles. The third-order valence-corrected chi connectivity index (χ3v) is 3.52. The molecule has 5 heteroatoms. The molecule has 0 saturated carbocycles. The molecule has 0 rings (SSSR count). The van der Waals surface area contributed by atoms with E-state index in [1.807, 2.05) is 11.8 Å².